The lowest BCUT2D eigenvalue weighted by atomic mass is 10.0. The molecule has 0 bridgehead atoms. The highest BCUT2D eigenvalue weighted by Gasteiger charge is 2.29. The minimum atomic E-state index is -0.615. The fourth-order valence-corrected chi connectivity index (χ4v) is 4.26. The van der Waals surface area contributed by atoms with E-state index in [2.05, 4.69) is 21.2 Å². The van der Waals surface area contributed by atoms with Crippen molar-refractivity contribution in [2.24, 2.45) is 4.99 Å². The van der Waals surface area contributed by atoms with Crippen LogP contribution in [0, 0.1) is 0 Å². The predicted molar refractivity (Wildman–Crippen MR) is 138 cm³/mol. The highest BCUT2D eigenvalue weighted by Crippen LogP contribution is 2.20. The van der Waals surface area contributed by atoms with Crippen LogP contribution in [0.3, 0.4) is 0 Å². The number of fused-ring (bicyclic) bond motifs is 1. The van der Waals surface area contributed by atoms with E-state index in [1.807, 2.05) is 91.1 Å². The Hall–Kier alpha value is -4.59. The van der Waals surface area contributed by atoms with Gasteiger partial charge in [-0.05, 0) is 22.8 Å². The number of amides is 2. The number of aromatic nitrogens is 1. The number of alkyl carbamates (subject to hydrolysis) is 1. The van der Waals surface area contributed by atoms with E-state index in [9.17, 15) is 9.59 Å². The summed E-state index contributed by atoms with van der Waals surface area (Å²) in [6.07, 6.45) is 2.27. The SMILES string of the molecule is O=C(NC(Cc1c[nH]c2ccccc12)C1=N[C@@H](Cc2ccccc2)C(=O)NN1)OCc1ccccc1. The van der Waals surface area contributed by atoms with Gasteiger partial charge in [-0.3, -0.25) is 20.6 Å². The summed E-state index contributed by atoms with van der Waals surface area (Å²) >= 11 is 0. The van der Waals surface area contributed by atoms with Gasteiger partial charge in [0.15, 0.2) is 0 Å². The number of hydrogen-bond acceptors (Lipinski definition) is 5. The summed E-state index contributed by atoms with van der Waals surface area (Å²) in [4.78, 5) is 33.3. The fourth-order valence-electron chi connectivity index (χ4n) is 4.26. The van der Waals surface area contributed by atoms with Crippen LogP contribution in [0.1, 0.15) is 16.7 Å². The minimum Gasteiger partial charge on any atom is -0.445 e. The van der Waals surface area contributed by atoms with E-state index < -0.39 is 18.2 Å². The normalized spacial score (nSPS) is 15.9. The van der Waals surface area contributed by atoms with Gasteiger partial charge in [0.1, 0.15) is 18.5 Å². The molecule has 4 N–H and O–H groups in total. The van der Waals surface area contributed by atoms with Crippen LogP contribution < -0.4 is 16.2 Å². The maximum Gasteiger partial charge on any atom is 0.408 e. The molecule has 36 heavy (non-hydrogen) atoms. The Morgan fingerprint density at radius 3 is 2.39 bits per heavy atom. The molecule has 8 heteroatoms. The van der Waals surface area contributed by atoms with Crippen LogP contribution in [0.4, 0.5) is 4.79 Å². The van der Waals surface area contributed by atoms with Gasteiger partial charge < -0.3 is 15.0 Å². The number of hydrazine groups is 1. The molecule has 3 aromatic carbocycles. The van der Waals surface area contributed by atoms with Crippen LogP contribution in [0.25, 0.3) is 10.9 Å². The summed E-state index contributed by atoms with van der Waals surface area (Å²) in [5, 5.41) is 4.00. The van der Waals surface area contributed by atoms with E-state index in [1.165, 1.54) is 0 Å². The van der Waals surface area contributed by atoms with Gasteiger partial charge in [0.25, 0.3) is 5.91 Å². The molecule has 5 rings (SSSR count). The number of amidine groups is 1. The first-order valence-electron chi connectivity index (χ1n) is 11.9. The summed E-state index contributed by atoms with van der Waals surface area (Å²) in [5.74, 6) is 0.248. The van der Waals surface area contributed by atoms with Gasteiger partial charge in [0, 0.05) is 29.9 Å². The maximum atomic E-state index is 12.8. The monoisotopic (exact) mass is 481 g/mol. The number of rotatable bonds is 8. The van der Waals surface area contributed by atoms with Gasteiger partial charge in [-0.25, -0.2) is 4.79 Å². The molecule has 2 heterocycles. The number of carbonyl (C=O) groups is 2. The third-order valence-electron chi connectivity index (χ3n) is 6.12. The van der Waals surface area contributed by atoms with Crippen LogP contribution in [0.15, 0.2) is 96.1 Å². The van der Waals surface area contributed by atoms with E-state index in [0.717, 1.165) is 27.6 Å². The summed E-state index contributed by atoms with van der Waals surface area (Å²) in [5.41, 5.74) is 9.52. The van der Waals surface area contributed by atoms with Crippen molar-refractivity contribution in [2.75, 3.05) is 0 Å². The van der Waals surface area contributed by atoms with Crippen molar-refractivity contribution in [2.45, 2.75) is 31.5 Å². The molecule has 2 amide bonds. The molecule has 0 fully saturated rings. The van der Waals surface area contributed by atoms with E-state index in [4.69, 9.17) is 9.73 Å². The first-order valence-corrected chi connectivity index (χ1v) is 11.9. The molecular formula is C28H27N5O3. The lowest BCUT2D eigenvalue weighted by Crippen LogP contribution is -2.59. The average Bonchev–Trinajstić information content (AvgIpc) is 3.32. The molecule has 1 unspecified atom stereocenters. The number of H-pyrrole nitrogens is 1. The molecular weight excluding hydrogens is 454 g/mol. The second kappa shape index (κ2) is 10.8. The van der Waals surface area contributed by atoms with Gasteiger partial charge >= 0.3 is 6.09 Å². The zero-order valence-corrected chi connectivity index (χ0v) is 19.6. The predicted octanol–water partition coefficient (Wildman–Crippen LogP) is 3.65. The van der Waals surface area contributed by atoms with Crippen molar-refractivity contribution >= 4 is 28.7 Å². The third kappa shape index (κ3) is 5.55. The minimum absolute atomic E-state index is 0.153. The molecule has 0 spiro atoms. The van der Waals surface area contributed by atoms with E-state index >= 15 is 0 Å². The number of para-hydroxylation sites is 1. The molecule has 4 aromatic rings. The molecule has 1 aliphatic heterocycles. The Bertz CT molecular complexity index is 1370. The van der Waals surface area contributed by atoms with Crippen LogP contribution in [0.2, 0.25) is 0 Å². The Kier molecular flexibility index (Phi) is 6.93. The summed E-state index contributed by atoms with van der Waals surface area (Å²) in [6, 6.07) is 26.0. The first-order chi connectivity index (χ1) is 17.7. The average molecular weight is 482 g/mol. The van der Waals surface area contributed by atoms with Crippen molar-refractivity contribution in [3.8, 4) is 0 Å². The molecule has 2 atom stereocenters. The third-order valence-corrected chi connectivity index (χ3v) is 6.12. The Morgan fingerprint density at radius 1 is 0.917 bits per heavy atom. The largest absolute Gasteiger partial charge is 0.445 e. The number of carbonyl (C=O) groups excluding carboxylic acids is 2. The van der Waals surface area contributed by atoms with Crippen molar-refractivity contribution in [3.05, 3.63) is 108 Å². The van der Waals surface area contributed by atoms with Gasteiger partial charge in [0.2, 0.25) is 0 Å². The van der Waals surface area contributed by atoms with Crippen molar-refractivity contribution in [1.29, 1.82) is 0 Å². The zero-order valence-electron chi connectivity index (χ0n) is 19.6. The topological polar surface area (TPSA) is 108 Å². The number of nitrogens with one attached hydrogen (secondary N) is 4. The summed E-state index contributed by atoms with van der Waals surface area (Å²) in [7, 11) is 0. The molecule has 1 aromatic heterocycles. The Morgan fingerprint density at radius 2 is 1.61 bits per heavy atom. The fraction of sp³-hybridized carbons (Fsp3) is 0.179. The molecule has 8 nitrogen and oxygen atoms in total. The van der Waals surface area contributed by atoms with Crippen molar-refractivity contribution < 1.29 is 14.3 Å². The Balaban J connectivity index is 1.37. The number of benzene rings is 3. The standard InChI is InChI=1S/C28H27N5O3/c34-27-25(15-19-9-3-1-4-10-19)30-26(32-33-27)24(16-21-17-29-23-14-8-7-13-22(21)23)31-28(35)36-18-20-11-5-2-6-12-20/h1-14,17,24-25,29H,15-16,18H2,(H,30,32)(H,31,35)(H,33,34)/t24?,25-/m0/s1. The number of hydrogen-bond donors (Lipinski definition) is 4. The molecule has 0 saturated carbocycles. The van der Waals surface area contributed by atoms with Crippen LogP contribution >= 0.6 is 0 Å². The zero-order chi connectivity index (χ0) is 24.7. The quantitative estimate of drug-likeness (QED) is 0.308. The Labute approximate surface area is 208 Å². The molecule has 1 aliphatic rings. The number of aliphatic imine (C=N–C) groups is 1. The number of nitrogens with zero attached hydrogens (tertiary/aromatic N) is 1. The van der Waals surface area contributed by atoms with Crippen LogP contribution in [0.5, 0.6) is 0 Å². The number of ether oxygens (including phenoxy) is 1. The van der Waals surface area contributed by atoms with Crippen molar-refractivity contribution in [3.63, 3.8) is 0 Å². The second-order valence-electron chi connectivity index (χ2n) is 8.66. The van der Waals surface area contributed by atoms with Gasteiger partial charge in [0.05, 0.1) is 6.04 Å². The van der Waals surface area contributed by atoms with Crippen molar-refractivity contribution in [1.82, 2.24) is 21.2 Å². The van der Waals surface area contributed by atoms with E-state index in [1.54, 1.807) is 0 Å². The molecule has 182 valence electrons. The first kappa shape index (κ1) is 23.2. The molecule has 0 saturated heterocycles. The van der Waals surface area contributed by atoms with Gasteiger partial charge in [-0.15, -0.1) is 0 Å². The maximum absolute atomic E-state index is 12.8. The van der Waals surface area contributed by atoms with E-state index in [0.29, 0.717) is 18.7 Å². The molecule has 0 aliphatic carbocycles. The van der Waals surface area contributed by atoms with Gasteiger partial charge in [-0.1, -0.05) is 78.9 Å². The summed E-state index contributed by atoms with van der Waals surface area (Å²) in [6.45, 7) is 0.153. The lowest BCUT2D eigenvalue weighted by Gasteiger charge is -2.28. The molecule has 0 radical (unpaired) electrons. The number of aromatic amines is 1. The summed E-state index contributed by atoms with van der Waals surface area (Å²) < 4.78 is 5.47. The van der Waals surface area contributed by atoms with E-state index in [-0.39, 0.29) is 12.5 Å². The van der Waals surface area contributed by atoms with Crippen LogP contribution in [-0.2, 0) is 29.0 Å². The van der Waals surface area contributed by atoms with Crippen LogP contribution in [-0.4, -0.2) is 34.9 Å². The highest BCUT2D eigenvalue weighted by molar-refractivity contribution is 5.98. The lowest BCUT2D eigenvalue weighted by molar-refractivity contribution is -0.123. The highest BCUT2D eigenvalue weighted by atomic mass is 16.5. The van der Waals surface area contributed by atoms with Gasteiger partial charge in [-0.2, -0.15) is 0 Å². The second-order valence-corrected chi connectivity index (χ2v) is 8.66. The smallest absolute Gasteiger partial charge is 0.408 e.